The number of rotatable bonds is 8. The van der Waals surface area contributed by atoms with E-state index in [1.54, 1.807) is 7.11 Å². The van der Waals surface area contributed by atoms with Gasteiger partial charge in [0.2, 0.25) is 5.91 Å². The molecule has 2 rings (SSSR count). The number of likely N-dealkylation sites (N-methyl/N-ethyl adjacent to an activating group) is 1. The zero-order valence-electron chi connectivity index (χ0n) is 13.5. The summed E-state index contributed by atoms with van der Waals surface area (Å²) in [4.78, 5) is 16.4. The van der Waals surface area contributed by atoms with Crippen LogP contribution in [0.5, 0.6) is 0 Å². The molecule has 0 aromatic rings. The summed E-state index contributed by atoms with van der Waals surface area (Å²) in [5.74, 6) is 0.971. The number of piperidine rings is 1. The highest BCUT2D eigenvalue weighted by atomic mass is 16.5. The maximum atomic E-state index is 12.4. The summed E-state index contributed by atoms with van der Waals surface area (Å²) < 4.78 is 5.04. The molecule has 0 radical (unpaired) electrons. The Morgan fingerprint density at radius 3 is 2.86 bits per heavy atom. The number of aliphatic hydroxyl groups is 1. The van der Waals surface area contributed by atoms with Gasteiger partial charge in [-0.1, -0.05) is 12.8 Å². The number of hydrogen-bond acceptors (Lipinski definition) is 4. The van der Waals surface area contributed by atoms with E-state index in [0.29, 0.717) is 13.2 Å². The van der Waals surface area contributed by atoms with Gasteiger partial charge in [-0.25, -0.2) is 0 Å². The minimum Gasteiger partial charge on any atom is -0.396 e. The standard InChI is InChI=1S/C16H30N2O3/c1-17(8-9-21-2)11-15(20)18-7-3-6-16(12-18,13-19)10-14-4-5-14/h14,19H,3-13H2,1-2H3/t16-/m0/s1. The largest absolute Gasteiger partial charge is 0.396 e. The Kier molecular flexibility index (Phi) is 6.02. The van der Waals surface area contributed by atoms with Crippen LogP contribution in [-0.2, 0) is 9.53 Å². The Balaban J connectivity index is 1.85. The molecule has 1 saturated heterocycles. The van der Waals surface area contributed by atoms with Gasteiger partial charge in [0.25, 0.3) is 0 Å². The Morgan fingerprint density at radius 1 is 1.48 bits per heavy atom. The smallest absolute Gasteiger partial charge is 0.236 e. The van der Waals surface area contributed by atoms with Crippen molar-refractivity contribution in [2.45, 2.75) is 32.1 Å². The van der Waals surface area contributed by atoms with Gasteiger partial charge >= 0.3 is 0 Å². The average Bonchev–Trinajstić information content (AvgIpc) is 3.29. The highest BCUT2D eigenvalue weighted by molar-refractivity contribution is 5.78. The minimum atomic E-state index is -0.0415. The lowest BCUT2D eigenvalue weighted by atomic mass is 9.76. The Morgan fingerprint density at radius 2 is 2.24 bits per heavy atom. The van der Waals surface area contributed by atoms with E-state index in [1.165, 1.54) is 12.8 Å². The number of aliphatic hydroxyl groups excluding tert-OH is 1. The molecule has 1 atom stereocenters. The van der Waals surface area contributed by atoms with Gasteiger partial charge in [0.15, 0.2) is 0 Å². The second-order valence-electron chi connectivity index (χ2n) is 6.96. The third-order valence-electron chi connectivity index (χ3n) is 4.85. The normalized spacial score (nSPS) is 26.4. The van der Waals surface area contributed by atoms with Crippen molar-refractivity contribution >= 4 is 5.91 Å². The highest BCUT2D eigenvalue weighted by Gasteiger charge is 2.40. The molecular weight excluding hydrogens is 268 g/mol. The summed E-state index contributed by atoms with van der Waals surface area (Å²) in [6, 6.07) is 0. The molecule has 1 amide bonds. The molecule has 0 bridgehead atoms. The summed E-state index contributed by atoms with van der Waals surface area (Å²) in [5.41, 5.74) is -0.0415. The molecular formula is C16H30N2O3. The molecule has 0 aromatic heterocycles. The summed E-state index contributed by atoms with van der Waals surface area (Å²) in [5, 5.41) is 9.85. The van der Waals surface area contributed by atoms with Gasteiger partial charge in [-0.3, -0.25) is 9.69 Å². The fraction of sp³-hybridized carbons (Fsp3) is 0.938. The average molecular weight is 298 g/mol. The van der Waals surface area contributed by atoms with Crippen molar-refractivity contribution in [3.63, 3.8) is 0 Å². The maximum Gasteiger partial charge on any atom is 0.236 e. The van der Waals surface area contributed by atoms with Crippen LogP contribution >= 0.6 is 0 Å². The molecule has 5 nitrogen and oxygen atoms in total. The van der Waals surface area contributed by atoms with Gasteiger partial charge < -0.3 is 14.7 Å². The molecule has 0 unspecified atom stereocenters. The summed E-state index contributed by atoms with van der Waals surface area (Å²) in [7, 11) is 3.62. The second-order valence-corrected chi connectivity index (χ2v) is 6.96. The monoisotopic (exact) mass is 298 g/mol. The number of hydrogen-bond donors (Lipinski definition) is 1. The van der Waals surface area contributed by atoms with E-state index in [1.807, 2.05) is 16.8 Å². The van der Waals surface area contributed by atoms with E-state index in [-0.39, 0.29) is 17.9 Å². The number of carbonyl (C=O) groups excluding carboxylic acids is 1. The Hall–Kier alpha value is -0.650. The van der Waals surface area contributed by atoms with Crippen LogP contribution in [0.1, 0.15) is 32.1 Å². The Labute approximate surface area is 128 Å². The van der Waals surface area contributed by atoms with Crippen molar-refractivity contribution in [3.8, 4) is 0 Å². The lowest BCUT2D eigenvalue weighted by Gasteiger charge is -2.42. The van der Waals surface area contributed by atoms with Gasteiger partial charge in [-0.05, 0) is 32.2 Å². The van der Waals surface area contributed by atoms with E-state index in [9.17, 15) is 9.90 Å². The van der Waals surface area contributed by atoms with Crippen molar-refractivity contribution < 1.29 is 14.6 Å². The van der Waals surface area contributed by atoms with Gasteiger partial charge in [0.05, 0.1) is 19.8 Å². The van der Waals surface area contributed by atoms with Crippen LogP contribution in [-0.4, -0.2) is 74.4 Å². The van der Waals surface area contributed by atoms with E-state index in [4.69, 9.17) is 4.74 Å². The third kappa shape index (κ3) is 4.94. The van der Waals surface area contributed by atoms with Crippen LogP contribution in [0.3, 0.4) is 0 Å². The fourth-order valence-corrected chi connectivity index (χ4v) is 3.37. The van der Waals surface area contributed by atoms with E-state index >= 15 is 0 Å². The lowest BCUT2D eigenvalue weighted by molar-refractivity contribution is -0.136. The first kappa shape index (κ1) is 16.7. The predicted molar refractivity (Wildman–Crippen MR) is 82.0 cm³/mol. The predicted octanol–water partition coefficient (Wildman–Crippen LogP) is 0.966. The molecule has 2 fully saturated rings. The molecule has 0 spiro atoms. The van der Waals surface area contributed by atoms with Gasteiger partial charge in [0.1, 0.15) is 0 Å². The zero-order chi connectivity index (χ0) is 15.3. The maximum absolute atomic E-state index is 12.4. The van der Waals surface area contributed by atoms with Crippen LogP contribution in [0.4, 0.5) is 0 Å². The van der Waals surface area contributed by atoms with Gasteiger partial charge in [-0.15, -0.1) is 0 Å². The minimum absolute atomic E-state index is 0.0415. The van der Waals surface area contributed by atoms with Crippen LogP contribution in [0.25, 0.3) is 0 Å². The van der Waals surface area contributed by atoms with Crippen LogP contribution in [0, 0.1) is 11.3 Å². The molecule has 1 aliphatic carbocycles. The third-order valence-corrected chi connectivity index (χ3v) is 4.85. The molecule has 1 saturated carbocycles. The van der Waals surface area contributed by atoms with Crippen molar-refractivity contribution in [2.75, 3.05) is 53.6 Å². The first-order valence-electron chi connectivity index (χ1n) is 8.15. The van der Waals surface area contributed by atoms with E-state index < -0.39 is 0 Å². The first-order chi connectivity index (χ1) is 10.1. The van der Waals surface area contributed by atoms with Crippen molar-refractivity contribution in [3.05, 3.63) is 0 Å². The highest BCUT2D eigenvalue weighted by Crippen LogP contribution is 2.44. The molecule has 1 aliphatic heterocycles. The second kappa shape index (κ2) is 7.56. The molecule has 2 aliphatic rings. The van der Waals surface area contributed by atoms with E-state index in [2.05, 4.69) is 0 Å². The number of likely N-dealkylation sites (tertiary alicyclic amines) is 1. The SMILES string of the molecule is COCCN(C)CC(=O)N1CCC[C@](CO)(CC2CC2)C1. The fourth-order valence-electron chi connectivity index (χ4n) is 3.37. The number of methoxy groups -OCH3 is 1. The summed E-state index contributed by atoms with van der Waals surface area (Å²) in [6.45, 7) is 3.64. The first-order valence-corrected chi connectivity index (χ1v) is 8.15. The van der Waals surface area contributed by atoms with Gasteiger partial charge in [0, 0.05) is 32.2 Å². The summed E-state index contributed by atoms with van der Waals surface area (Å²) in [6.07, 6.45) is 5.77. The molecule has 122 valence electrons. The number of ether oxygens (including phenoxy) is 1. The van der Waals surface area contributed by atoms with Crippen LogP contribution in [0.2, 0.25) is 0 Å². The molecule has 0 aromatic carbocycles. The van der Waals surface area contributed by atoms with Crippen molar-refractivity contribution in [1.82, 2.24) is 9.80 Å². The zero-order valence-corrected chi connectivity index (χ0v) is 13.5. The number of amides is 1. The Bertz CT molecular complexity index is 346. The van der Waals surface area contributed by atoms with Crippen molar-refractivity contribution in [2.24, 2.45) is 11.3 Å². The quantitative estimate of drug-likeness (QED) is 0.725. The molecule has 1 heterocycles. The van der Waals surface area contributed by atoms with E-state index in [0.717, 1.165) is 44.8 Å². The molecule has 21 heavy (non-hydrogen) atoms. The van der Waals surface area contributed by atoms with Crippen LogP contribution in [0.15, 0.2) is 0 Å². The van der Waals surface area contributed by atoms with Gasteiger partial charge in [-0.2, -0.15) is 0 Å². The summed E-state index contributed by atoms with van der Waals surface area (Å²) >= 11 is 0. The lowest BCUT2D eigenvalue weighted by Crippen LogP contribution is -2.50. The van der Waals surface area contributed by atoms with Crippen LogP contribution < -0.4 is 0 Å². The topological polar surface area (TPSA) is 53.0 Å². The molecule has 1 N–H and O–H groups in total. The number of carbonyl (C=O) groups is 1. The van der Waals surface area contributed by atoms with Crippen molar-refractivity contribution in [1.29, 1.82) is 0 Å². The molecule has 5 heteroatoms. The number of nitrogens with zero attached hydrogens (tertiary/aromatic N) is 2.